The Morgan fingerprint density at radius 3 is 2.36 bits per heavy atom. The third kappa shape index (κ3) is 3.56. The highest BCUT2D eigenvalue weighted by Gasteiger charge is 2.35. The fourth-order valence-electron chi connectivity index (χ4n) is 1.85. The van der Waals surface area contributed by atoms with E-state index in [9.17, 15) is 18.0 Å². The lowest BCUT2D eigenvalue weighted by Crippen LogP contribution is -2.24. The number of halogens is 5. The quantitative estimate of drug-likeness (QED) is 0.866. The molecule has 2 N–H and O–H groups in total. The number of carbonyl (C=O) groups excluding carboxylic acids is 1. The zero-order valence-corrected chi connectivity index (χ0v) is 13.1. The summed E-state index contributed by atoms with van der Waals surface area (Å²) in [5.74, 6) is -2.06. The summed E-state index contributed by atoms with van der Waals surface area (Å²) < 4.78 is 39.3. The molecule has 0 aliphatic rings. The number of amides is 1. The summed E-state index contributed by atoms with van der Waals surface area (Å²) >= 11 is 8.69. The first-order valence-electron chi connectivity index (χ1n) is 5.83. The summed E-state index contributed by atoms with van der Waals surface area (Å²) in [4.78, 5) is 19.5. The van der Waals surface area contributed by atoms with Crippen molar-refractivity contribution in [2.24, 2.45) is 5.73 Å². The van der Waals surface area contributed by atoms with Gasteiger partial charge in [-0.3, -0.25) is 4.79 Å². The molecule has 1 atom stereocenters. The van der Waals surface area contributed by atoms with Crippen molar-refractivity contribution in [2.75, 3.05) is 0 Å². The lowest BCUT2D eigenvalue weighted by Gasteiger charge is -2.16. The smallest absolute Gasteiger partial charge is 0.369 e. The molecule has 0 aliphatic heterocycles. The highest BCUT2D eigenvalue weighted by molar-refractivity contribution is 9.10. The van der Waals surface area contributed by atoms with Crippen LogP contribution in [0.3, 0.4) is 0 Å². The first kappa shape index (κ1) is 16.7. The molecule has 1 heterocycles. The Labute approximate surface area is 136 Å². The molecule has 0 fully saturated rings. The van der Waals surface area contributed by atoms with Crippen LogP contribution in [0.5, 0.6) is 0 Å². The van der Waals surface area contributed by atoms with Crippen LogP contribution >= 0.6 is 27.5 Å². The van der Waals surface area contributed by atoms with E-state index in [2.05, 4.69) is 25.9 Å². The molecule has 116 valence electrons. The fraction of sp³-hybridized carbons (Fsp3) is 0.154. The summed E-state index contributed by atoms with van der Waals surface area (Å²) in [7, 11) is 0. The number of benzene rings is 1. The fourth-order valence-corrected chi connectivity index (χ4v) is 2.28. The van der Waals surface area contributed by atoms with Crippen molar-refractivity contribution in [3.05, 3.63) is 57.0 Å². The molecule has 1 aromatic carbocycles. The van der Waals surface area contributed by atoms with E-state index < -0.39 is 28.6 Å². The van der Waals surface area contributed by atoms with Gasteiger partial charge in [-0.15, -0.1) is 0 Å². The summed E-state index contributed by atoms with van der Waals surface area (Å²) in [6.07, 6.45) is -1.90. The number of nitrogens with zero attached hydrogens (tertiary/aromatic N) is 2. The molecule has 1 unspecified atom stereocenters. The second-order valence-corrected chi connectivity index (χ2v) is 5.65. The first-order chi connectivity index (χ1) is 10.2. The lowest BCUT2D eigenvalue weighted by atomic mass is 9.95. The average molecular weight is 395 g/mol. The van der Waals surface area contributed by atoms with Gasteiger partial charge in [-0.1, -0.05) is 17.7 Å². The van der Waals surface area contributed by atoms with E-state index in [1.54, 1.807) is 0 Å². The molecular formula is C13H8BrClF3N3O. The van der Waals surface area contributed by atoms with Gasteiger partial charge in [-0.25, -0.2) is 9.97 Å². The highest BCUT2D eigenvalue weighted by Crippen LogP contribution is 2.37. The number of carbonyl (C=O) groups is 1. The zero-order valence-electron chi connectivity index (χ0n) is 10.7. The number of primary amides is 1. The van der Waals surface area contributed by atoms with E-state index in [1.807, 2.05) is 0 Å². The summed E-state index contributed by atoms with van der Waals surface area (Å²) in [5.41, 5.74) is 4.26. The van der Waals surface area contributed by atoms with Crippen molar-refractivity contribution >= 4 is 33.4 Å². The maximum Gasteiger partial charge on any atom is 0.417 e. The molecule has 1 amide bonds. The number of nitrogens with two attached hydrogens (primary N) is 1. The molecule has 0 radical (unpaired) electrons. The number of alkyl halides is 3. The Balaban J connectivity index is 2.55. The predicted octanol–water partition coefficient (Wildman–Crippen LogP) is 3.53. The van der Waals surface area contributed by atoms with E-state index >= 15 is 0 Å². The van der Waals surface area contributed by atoms with Gasteiger partial charge < -0.3 is 5.73 Å². The third-order valence-corrected chi connectivity index (χ3v) is 3.55. The van der Waals surface area contributed by atoms with Crippen LogP contribution in [0.1, 0.15) is 22.9 Å². The molecule has 0 saturated heterocycles. The van der Waals surface area contributed by atoms with Crippen LogP contribution < -0.4 is 5.73 Å². The van der Waals surface area contributed by atoms with E-state index in [-0.39, 0.29) is 11.4 Å². The molecule has 0 aliphatic carbocycles. The van der Waals surface area contributed by atoms with Gasteiger partial charge in [0.1, 0.15) is 11.7 Å². The predicted molar refractivity (Wildman–Crippen MR) is 77.2 cm³/mol. The van der Waals surface area contributed by atoms with E-state index in [0.717, 1.165) is 12.1 Å². The van der Waals surface area contributed by atoms with Gasteiger partial charge in [0.2, 0.25) is 5.91 Å². The van der Waals surface area contributed by atoms with Crippen LogP contribution in [0.15, 0.2) is 35.1 Å². The molecule has 22 heavy (non-hydrogen) atoms. The summed E-state index contributed by atoms with van der Waals surface area (Å²) in [6, 6.07) is 3.13. The molecule has 2 aromatic rings. The van der Waals surface area contributed by atoms with E-state index in [4.69, 9.17) is 17.3 Å². The second-order valence-electron chi connectivity index (χ2n) is 4.33. The normalized spacial score (nSPS) is 13.0. The molecule has 2 rings (SSSR count). The Morgan fingerprint density at radius 1 is 1.27 bits per heavy atom. The number of aromatic nitrogens is 2. The number of rotatable bonds is 3. The molecule has 1 aromatic heterocycles. The Bertz CT molecular complexity index is 707. The maximum absolute atomic E-state index is 12.9. The Hall–Kier alpha value is -1.67. The number of hydrogen-bond donors (Lipinski definition) is 1. The van der Waals surface area contributed by atoms with Crippen molar-refractivity contribution in [3.8, 4) is 0 Å². The zero-order chi connectivity index (χ0) is 16.5. The van der Waals surface area contributed by atoms with Gasteiger partial charge >= 0.3 is 6.18 Å². The van der Waals surface area contributed by atoms with Crippen molar-refractivity contribution < 1.29 is 18.0 Å². The third-order valence-electron chi connectivity index (χ3n) is 2.81. The SMILES string of the molecule is NC(=O)C(c1ccc(Cl)c(C(F)(F)F)c1)c1ncc(Br)cn1. The summed E-state index contributed by atoms with van der Waals surface area (Å²) in [6.45, 7) is 0. The van der Waals surface area contributed by atoms with Crippen molar-refractivity contribution in [1.82, 2.24) is 9.97 Å². The van der Waals surface area contributed by atoms with Crippen LogP contribution in [0.2, 0.25) is 5.02 Å². The van der Waals surface area contributed by atoms with E-state index in [1.165, 1.54) is 18.5 Å². The minimum atomic E-state index is -4.64. The van der Waals surface area contributed by atoms with Gasteiger partial charge in [-0.2, -0.15) is 13.2 Å². The molecule has 4 nitrogen and oxygen atoms in total. The van der Waals surface area contributed by atoms with Gasteiger partial charge in [0.15, 0.2) is 0 Å². The topological polar surface area (TPSA) is 68.9 Å². The number of hydrogen-bond acceptors (Lipinski definition) is 3. The minimum Gasteiger partial charge on any atom is -0.369 e. The largest absolute Gasteiger partial charge is 0.417 e. The van der Waals surface area contributed by atoms with Crippen LogP contribution in [0.4, 0.5) is 13.2 Å². The van der Waals surface area contributed by atoms with E-state index in [0.29, 0.717) is 4.47 Å². The van der Waals surface area contributed by atoms with Crippen LogP contribution in [0, 0.1) is 0 Å². The van der Waals surface area contributed by atoms with Crippen LogP contribution in [-0.4, -0.2) is 15.9 Å². The Kier molecular flexibility index (Phi) is 4.72. The van der Waals surface area contributed by atoms with Crippen LogP contribution in [-0.2, 0) is 11.0 Å². The molecule has 0 bridgehead atoms. The molecule has 9 heteroatoms. The van der Waals surface area contributed by atoms with Crippen molar-refractivity contribution in [1.29, 1.82) is 0 Å². The van der Waals surface area contributed by atoms with Crippen molar-refractivity contribution in [3.63, 3.8) is 0 Å². The Morgan fingerprint density at radius 2 is 1.86 bits per heavy atom. The van der Waals surface area contributed by atoms with Gasteiger partial charge in [0.05, 0.1) is 15.1 Å². The van der Waals surface area contributed by atoms with Gasteiger partial charge in [-0.05, 0) is 33.6 Å². The lowest BCUT2D eigenvalue weighted by molar-refractivity contribution is -0.137. The molecular weight excluding hydrogens is 387 g/mol. The standard InChI is InChI=1S/C13H8BrClF3N3O/c14-7-4-20-12(21-5-7)10(11(19)22)6-1-2-9(15)8(3-6)13(16,17)18/h1-5,10H,(H2,19,22). The highest BCUT2D eigenvalue weighted by atomic mass is 79.9. The maximum atomic E-state index is 12.9. The molecule has 0 saturated carbocycles. The summed E-state index contributed by atoms with van der Waals surface area (Å²) in [5, 5.41) is -0.462. The second kappa shape index (κ2) is 6.21. The van der Waals surface area contributed by atoms with Crippen LogP contribution in [0.25, 0.3) is 0 Å². The minimum absolute atomic E-state index is 0.00569. The van der Waals surface area contributed by atoms with Gasteiger partial charge in [0.25, 0.3) is 0 Å². The molecule has 0 spiro atoms. The average Bonchev–Trinajstić information content (AvgIpc) is 2.41. The monoisotopic (exact) mass is 393 g/mol. The van der Waals surface area contributed by atoms with Crippen molar-refractivity contribution in [2.45, 2.75) is 12.1 Å². The van der Waals surface area contributed by atoms with Gasteiger partial charge in [0, 0.05) is 12.4 Å². The first-order valence-corrected chi connectivity index (χ1v) is 7.00.